The molecule has 0 spiro atoms. The van der Waals surface area contributed by atoms with Crippen molar-refractivity contribution in [2.45, 2.75) is 31.3 Å². The fourth-order valence-electron chi connectivity index (χ4n) is 1.02. The van der Waals surface area contributed by atoms with E-state index in [1.807, 2.05) is 0 Å². The zero-order chi connectivity index (χ0) is 9.30. The van der Waals surface area contributed by atoms with E-state index in [1.165, 1.54) is 6.92 Å². The third kappa shape index (κ3) is 1.64. The lowest BCUT2D eigenvalue weighted by Crippen LogP contribution is -2.41. The topological polar surface area (TPSA) is 87.0 Å². The third-order valence-corrected chi connectivity index (χ3v) is 1.79. The van der Waals surface area contributed by atoms with E-state index in [-0.39, 0.29) is 0 Å². The number of ether oxygens (including phenoxy) is 1. The second-order valence-corrected chi connectivity index (χ2v) is 2.77. The highest BCUT2D eigenvalue weighted by Crippen LogP contribution is 2.20. The normalized spacial score (nSPS) is 38.2. The van der Waals surface area contributed by atoms with Crippen LogP contribution in [-0.4, -0.2) is 45.5 Å². The molecule has 0 saturated carbocycles. The van der Waals surface area contributed by atoms with Crippen LogP contribution in [0.25, 0.3) is 0 Å². The number of aliphatic hydroxyl groups excluding tert-OH is 3. The molecule has 1 unspecified atom stereocenters. The van der Waals surface area contributed by atoms with Gasteiger partial charge in [0.15, 0.2) is 5.78 Å². The summed E-state index contributed by atoms with van der Waals surface area (Å²) in [5.41, 5.74) is 0. The maximum atomic E-state index is 10.6. The van der Waals surface area contributed by atoms with Crippen LogP contribution in [0.4, 0.5) is 0 Å². The van der Waals surface area contributed by atoms with E-state index in [2.05, 4.69) is 0 Å². The molecule has 1 aliphatic rings. The molecule has 0 aliphatic carbocycles. The Bertz CT molecular complexity index is 181. The lowest BCUT2D eigenvalue weighted by atomic mass is 10.0. The first kappa shape index (κ1) is 9.60. The molecule has 1 fully saturated rings. The third-order valence-electron chi connectivity index (χ3n) is 1.79. The standard InChI is InChI=1S/C7H11O5/c1-3(8)5(10)7-6(11)4(9)2-12-7/h2,4-7,9-11H,1H3/t4-,5?,6-,7+/m0/s1. The molecular weight excluding hydrogens is 164 g/mol. The molecule has 0 aromatic carbocycles. The van der Waals surface area contributed by atoms with Crippen LogP contribution in [-0.2, 0) is 9.53 Å². The summed E-state index contributed by atoms with van der Waals surface area (Å²) in [5.74, 6) is -0.499. The van der Waals surface area contributed by atoms with E-state index in [0.29, 0.717) is 0 Å². The SMILES string of the molecule is CC(=O)C(O)[C@H]1O[CH][C@H](O)[C@@H]1O. The minimum absolute atomic E-state index is 0.499. The maximum absolute atomic E-state index is 10.6. The number of hydrogen-bond donors (Lipinski definition) is 3. The van der Waals surface area contributed by atoms with E-state index in [0.717, 1.165) is 6.61 Å². The highest BCUT2D eigenvalue weighted by molar-refractivity contribution is 5.80. The Balaban J connectivity index is 2.59. The number of rotatable bonds is 2. The highest BCUT2D eigenvalue weighted by Gasteiger charge is 2.41. The Hall–Kier alpha value is -0.490. The molecule has 1 radical (unpaired) electrons. The van der Waals surface area contributed by atoms with Crippen molar-refractivity contribution in [1.82, 2.24) is 0 Å². The summed E-state index contributed by atoms with van der Waals surface area (Å²) in [4.78, 5) is 10.6. The predicted octanol–water partition coefficient (Wildman–Crippen LogP) is -1.78. The van der Waals surface area contributed by atoms with Crippen LogP contribution >= 0.6 is 0 Å². The van der Waals surface area contributed by atoms with Crippen LogP contribution in [0.5, 0.6) is 0 Å². The summed E-state index contributed by atoms with van der Waals surface area (Å²) in [5, 5.41) is 27.3. The van der Waals surface area contributed by atoms with Gasteiger partial charge in [-0.15, -0.1) is 0 Å². The Labute approximate surface area is 69.6 Å². The molecule has 0 aromatic rings. The molecule has 1 heterocycles. The number of hydrogen-bond acceptors (Lipinski definition) is 5. The van der Waals surface area contributed by atoms with Crippen molar-refractivity contribution in [3.8, 4) is 0 Å². The Morgan fingerprint density at radius 2 is 2.17 bits per heavy atom. The van der Waals surface area contributed by atoms with Gasteiger partial charge in [0, 0.05) is 0 Å². The number of carbonyl (C=O) groups is 1. The van der Waals surface area contributed by atoms with Crippen LogP contribution in [0.3, 0.4) is 0 Å². The van der Waals surface area contributed by atoms with Gasteiger partial charge in [-0.2, -0.15) is 0 Å². The number of aliphatic hydroxyl groups is 3. The predicted molar refractivity (Wildman–Crippen MR) is 37.9 cm³/mol. The van der Waals surface area contributed by atoms with E-state index in [9.17, 15) is 4.79 Å². The van der Waals surface area contributed by atoms with E-state index in [1.54, 1.807) is 0 Å². The molecule has 1 aliphatic heterocycles. The summed E-state index contributed by atoms with van der Waals surface area (Å²) in [6, 6.07) is 0. The van der Waals surface area contributed by atoms with Crippen LogP contribution in [0.1, 0.15) is 6.92 Å². The molecular formula is C7H11O5. The van der Waals surface area contributed by atoms with Gasteiger partial charge in [0.05, 0.1) is 0 Å². The van der Waals surface area contributed by atoms with Gasteiger partial charge in [-0.3, -0.25) is 4.79 Å². The average Bonchev–Trinajstić information content (AvgIpc) is 2.32. The van der Waals surface area contributed by atoms with Gasteiger partial charge in [0.1, 0.15) is 31.0 Å². The van der Waals surface area contributed by atoms with Crippen LogP contribution in [0.2, 0.25) is 0 Å². The second-order valence-electron chi connectivity index (χ2n) is 2.77. The molecule has 12 heavy (non-hydrogen) atoms. The minimum Gasteiger partial charge on any atom is -0.387 e. The molecule has 5 heteroatoms. The van der Waals surface area contributed by atoms with E-state index < -0.39 is 30.2 Å². The molecule has 69 valence electrons. The molecule has 1 saturated heterocycles. The van der Waals surface area contributed by atoms with Gasteiger partial charge in [-0.05, 0) is 6.92 Å². The van der Waals surface area contributed by atoms with E-state index in [4.69, 9.17) is 20.1 Å². The highest BCUT2D eigenvalue weighted by atomic mass is 16.5. The Morgan fingerprint density at radius 3 is 2.50 bits per heavy atom. The first-order valence-corrected chi connectivity index (χ1v) is 3.57. The summed E-state index contributed by atoms with van der Waals surface area (Å²) >= 11 is 0. The fraction of sp³-hybridized carbons (Fsp3) is 0.714. The number of ketones is 1. The van der Waals surface area contributed by atoms with Gasteiger partial charge in [-0.1, -0.05) is 0 Å². The molecule has 3 N–H and O–H groups in total. The molecule has 1 rings (SSSR count). The van der Waals surface area contributed by atoms with Gasteiger partial charge < -0.3 is 20.1 Å². The Morgan fingerprint density at radius 1 is 1.58 bits per heavy atom. The largest absolute Gasteiger partial charge is 0.387 e. The first-order chi connectivity index (χ1) is 5.54. The van der Waals surface area contributed by atoms with Crippen molar-refractivity contribution in [3.05, 3.63) is 6.61 Å². The van der Waals surface area contributed by atoms with Crippen molar-refractivity contribution in [3.63, 3.8) is 0 Å². The number of Topliss-reactive ketones (excluding diaryl/α,β-unsaturated/α-hetero) is 1. The van der Waals surface area contributed by atoms with Crippen LogP contribution in [0, 0.1) is 6.61 Å². The molecule has 0 amide bonds. The van der Waals surface area contributed by atoms with Gasteiger partial charge in [0.2, 0.25) is 0 Å². The molecule has 0 aromatic heterocycles. The maximum Gasteiger partial charge on any atom is 0.160 e. The summed E-state index contributed by atoms with van der Waals surface area (Å²) in [6.07, 6.45) is -4.79. The lowest BCUT2D eigenvalue weighted by molar-refractivity contribution is -0.134. The average molecular weight is 175 g/mol. The van der Waals surface area contributed by atoms with E-state index >= 15 is 0 Å². The second kappa shape index (κ2) is 3.49. The van der Waals surface area contributed by atoms with Gasteiger partial charge in [-0.25, -0.2) is 0 Å². The van der Waals surface area contributed by atoms with Crippen molar-refractivity contribution in [2.75, 3.05) is 0 Å². The summed E-state index contributed by atoms with van der Waals surface area (Å²) in [6.45, 7) is 2.19. The fourth-order valence-corrected chi connectivity index (χ4v) is 1.02. The summed E-state index contributed by atoms with van der Waals surface area (Å²) in [7, 11) is 0. The monoisotopic (exact) mass is 175 g/mol. The van der Waals surface area contributed by atoms with Crippen molar-refractivity contribution in [2.24, 2.45) is 0 Å². The smallest absolute Gasteiger partial charge is 0.160 e. The Kier molecular flexibility index (Phi) is 2.79. The first-order valence-electron chi connectivity index (χ1n) is 3.57. The minimum atomic E-state index is -1.38. The quantitative estimate of drug-likeness (QED) is 0.462. The zero-order valence-electron chi connectivity index (χ0n) is 6.54. The van der Waals surface area contributed by atoms with Crippen LogP contribution < -0.4 is 0 Å². The van der Waals surface area contributed by atoms with Crippen molar-refractivity contribution >= 4 is 5.78 Å². The van der Waals surface area contributed by atoms with Crippen LogP contribution in [0.15, 0.2) is 0 Å². The number of carbonyl (C=O) groups excluding carboxylic acids is 1. The molecule has 4 atom stereocenters. The van der Waals surface area contributed by atoms with Gasteiger partial charge >= 0.3 is 0 Å². The molecule has 5 nitrogen and oxygen atoms in total. The van der Waals surface area contributed by atoms with Crippen molar-refractivity contribution in [1.29, 1.82) is 0 Å². The molecule has 0 bridgehead atoms. The summed E-state index contributed by atoms with van der Waals surface area (Å²) < 4.78 is 4.70. The lowest BCUT2D eigenvalue weighted by Gasteiger charge is -2.18. The zero-order valence-corrected chi connectivity index (χ0v) is 6.54. The van der Waals surface area contributed by atoms with Crippen molar-refractivity contribution < 1.29 is 24.9 Å². The van der Waals surface area contributed by atoms with Gasteiger partial charge in [0.25, 0.3) is 0 Å².